The van der Waals surface area contributed by atoms with Crippen molar-refractivity contribution < 1.29 is 14.7 Å². The molecule has 0 radical (unpaired) electrons. The number of unbranched alkanes of at least 4 members (excludes halogenated alkanes) is 2. The van der Waals surface area contributed by atoms with Crippen LogP contribution in [0.25, 0.3) is 0 Å². The largest absolute Gasteiger partial charge is 0.481 e. The summed E-state index contributed by atoms with van der Waals surface area (Å²) in [6, 6.07) is 0.430. The highest BCUT2D eigenvalue weighted by Crippen LogP contribution is 2.28. The highest BCUT2D eigenvalue weighted by Gasteiger charge is 2.35. The van der Waals surface area contributed by atoms with E-state index in [1.807, 2.05) is 18.7 Å². The number of urea groups is 1. The molecule has 1 fully saturated rings. The summed E-state index contributed by atoms with van der Waals surface area (Å²) < 4.78 is 0. The van der Waals surface area contributed by atoms with Crippen molar-refractivity contribution in [3.8, 4) is 0 Å². The van der Waals surface area contributed by atoms with Crippen molar-refractivity contribution >= 4 is 12.0 Å². The molecular formula is C15H28N2O3. The first-order valence-corrected chi connectivity index (χ1v) is 7.76. The second kappa shape index (κ2) is 8.12. The van der Waals surface area contributed by atoms with E-state index in [1.54, 1.807) is 4.90 Å². The summed E-state index contributed by atoms with van der Waals surface area (Å²) in [5.41, 5.74) is 0. The molecule has 0 bridgehead atoms. The van der Waals surface area contributed by atoms with E-state index in [1.165, 1.54) is 0 Å². The van der Waals surface area contributed by atoms with Gasteiger partial charge in [0.15, 0.2) is 0 Å². The van der Waals surface area contributed by atoms with Crippen LogP contribution in [0.2, 0.25) is 0 Å². The van der Waals surface area contributed by atoms with Crippen LogP contribution < -0.4 is 0 Å². The number of hydrogen-bond donors (Lipinski definition) is 1. The molecule has 1 rings (SSSR count). The molecule has 20 heavy (non-hydrogen) atoms. The topological polar surface area (TPSA) is 60.9 Å². The van der Waals surface area contributed by atoms with Crippen LogP contribution in [0.1, 0.15) is 59.3 Å². The second-order valence-electron chi connectivity index (χ2n) is 5.85. The van der Waals surface area contributed by atoms with Gasteiger partial charge in [-0.15, -0.1) is 0 Å². The van der Waals surface area contributed by atoms with Crippen molar-refractivity contribution in [1.29, 1.82) is 0 Å². The van der Waals surface area contributed by atoms with Crippen molar-refractivity contribution in [1.82, 2.24) is 9.80 Å². The molecule has 5 nitrogen and oxygen atoms in total. The standard InChI is InChI=1S/C15H28N2O3/c1-4-5-6-10-16(12(2)3)15(20)17(13-7-8-13)11-9-14(18)19/h12-13H,4-11H2,1-3H3,(H,18,19). The Morgan fingerprint density at radius 1 is 1.20 bits per heavy atom. The van der Waals surface area contributed by atoms with Gasteiger partial charge in [0.1, 0.15) is 0 Å². The molecule has 1 saturated carbocycles. The van der Waals surface area contributed by atoms with Crippen molar-refractivity contribution in [2.75, 3.05) is 13.1 Å². The first-order valence-electron chi connectivity index (χ1n) is 7.76. The van der Waals surface area contributed by atoms with Crippen LogP contribution in [-0.2, 0) is 4.79 Å². The summed E-state index contributed by atoms with van der Waals surface area (Å²) in [4.78, 5) is 27.0. The predicted octanol–water partition coefficient (Wildman–Crippen LogP) is 2.95. The van der Waals surface area contributed by atoms with Crippen LogP contribution in [0.5, 0.6) is 0 Å². The SMILES string of the molecule is CCCCCN(C(=O)N(CCC(=O)O)C1CC1)C(C)C. The molecule has 0 aromatic carbocycles. The normalized spacial score (nSPS) is 14.4. The van der Waals surface area contributed by atoms with Gasteiger partial charge in [0, 0.05) is 25.2 Å². The molecule has 0 spiro atoms. The molecule has 2 amide bonds. The predicted molar refractivity (Wildman–Crippen MR) is 78.7 cm³/mol. The van der Waals surface area contributed by atoms with Gasteiger partial charge in [-0.05, 0) is 33.1 Å². The molecule has 0 heterocycles. The van der Waals surface area contributed by atoms with Crippen molar-refractivity contribution in [2.45, 2.75) is 71.4 Å². The van der Waals surface area contributed by atoms with Crippen molar-refractivity contribution in [3.05, 3.63) is 0 Å². The van der Waals surface area contributed by atoms with Gasteiger partial charge in [-0.3, -0.25) is 4.79 Å². The molecule has 0 atom stereocenters. The van der Waals surface area contributed by atoms with Crippen LogP contribution in [0.4, 0.5) is 4.79 Å². The average Bonchev–Trinajstić information content (AvgIpc) is 3.18. The minimum atomic E-state index is -0.842. The molecule has 1 aliphatic rings. The van der Waals surface area contributed by atoms with Gasteiger partial charge in [0.25, 0.3) is 0 Å². The lowest BCUT2D eigenvalue weighted by molar-refractivity contribution is -0.137. The fourth-order valence-electron chi connectivity index (χ4n) is 2.31. The lowest BCUT2D eigenvalue weighted by Crippen LogP contribution is -2.48. The number of amides is 2. The van der Waals surface area contributed by atoms with E-state index >= 15 is 0 Å². The summed E-state index contributed by atoms with van der Waals surface area (Å²) in [5, 5.41) is 8.82. The number of nitrogens with zero attached hydrogens (tertiary/aromatic N) is 2. The Morgan fingerprint density at radius 2 is 1.85 bits per heavy atom. The van der Waals surface area contributed by atoms with Crippen LogP contribution in [0.3, 0.4) is 0 Å². The van der Waals surface area contributed by atoms with E-state index in [0.29, 0.717) is 6.54 Å². The Hall–Kier alpha value is -1.26. The average molecular weight is 284 g/mol. The lowest BCUT2D eigenvalue weighted by atomic mass is 10.2. The zero-order valence-corrected chi connectivity index (χ0v) is 13.0. The van der Waals surface area contributed by atoms with Gasteiger partial charge in [0.2, 0.25) is 0 Å². The summed E-state index contributed by atoms with van der Waals surface area (Å²) in [6.07, 6.45) is 5.31. The maximum atomic E-state index is 12.6. The van der Waals surface area contributed by atoms with Gasteiger partial charge in [-0.2, -0.15) is 0 Å². The molecule has 0 aromatic rings. The Balaban J connectivity index is 2.60. The number of aliphatic carboxylic acids is 1. The molecular weight excluding hydrogens is 256 g/mol. The Kier molecular flexibility index (Phi) is 6.82. The van der Waals surface area contributed by atoms with E-state index in [0.717, 1.165) is 38.6 Å². The summed E-state index contributed by atoms with van der Waals surface area (Å²) in [6.45, 7) is 7.28. The minimum absolute atomic E-state index is 0.0138. The Labute approximate surface area is 121 Å². The van der Waals surface area contributed by atoms with Gasteiger partial charge in [-0.1, -0.05) is 19.8 Å². The van der Waals surface area contributed by atoms with E-state index in [4.69, 9.17) is 5.11 Å². The zero-order valence-electron chi connectivity index (χ0n) is 13.0. The monoisotopic (exact) mass is 284 g/mol. The molecule has 0 aliphatic heterocycles. The van der Waals surface area contributed by atoms with Gasteiger partial charge < -0.3 is 14.9 Å². The maximum absolute atomic E-state index is 12.6. The lowest BCUT2D eigenvalue weighted by Gasteiger charge is -2.33. The Morgan fingerprint density at radius 3 is 2.30 bits per heavy atom. The maximum Gasteiger partial charge on any atom is 0.320 e. The molecule has 0 saturated heterocycles. The second-order valence-corrected chi connectivity index (χ2v) is 5.85. The van der Waals surface area contributed by atoms with Crippen LogP contribution in [0, 0.1) is 0 Å². The smallest absolute Gasteiger partial charge is 0.320 e. The van der Waals surface area contributed by atoms with Gasteiger partial charge >= 0.3 is 12.0 Å². The van der Waals surface area contributed by atoms with Crippen LogP contribution >= 0.6 is 0 Å². The summed E-state index contributed by atoms with van der Waals surface area (Å²) in [5.74, 6) is -0.842. The molecule has 5 heteroatoms. The number of hydrogen-bond acceptors (Lipinski definition) is 2. The van der Waals surface area contributed by atoms with E-state index < -0.39 is 5.97 Å². The summed E-state index contributed by atoms with van der Waals surface area (Å²) in [7, 11) is 0. The molecule has 0 aromatic heterocycles. The number of carboxylic acids is 1. The molecule has 1 aliphatic carbocycles. The third-order valence-electron chi connectivity index (χ3n) is 3.67. The summed E-state index contributed by atoms with van der Waals surface area (Å²) >= 11 is 0. The third-order valence-corrected chi connectivity index (χ3v) is 3.67. The van der Waals surface area contributed by atoms with Crippen LogP contribution in [0.15, 0.2) is 0 Å². The highest BCUT2D eigenvalue weighted by atomic mass is 16.4. The number of carbonyl (C=O) groups excluding carboxylic acids is 1. The van der Waals surface area contributed by atoms with Crippen molar-refractivity contribution in [3.63, 3.8) is 0 Å². The van der Waals surface area contributed by atoms with E-state index in [2.05, 4.69) is 6.92 Å². The molecule has 0 unspecified atom stereocenters. The highest BCUT2D eigenvalue weighted by molar-refractivity contribution is 5.76. The van der Waals surface area contributed by atoms with Gasteiger partial charge in [-0.25, -0.2) is 4.79 Å². The number of rotatable bonds is 9. The first kappa shape index (κ1) is 16.8. The fourth-order valence-corrected chi connectivity index (χ4v) is 2.31. The third kappa shape index (κ3) is 5.39. The molecule has 1 N–H and O–H groups in total. The minimum Gasteiger partial charge on any atom is -0.481 e. The number of carboxylic acid groups (broad SMARTS) is 1. The number of carbonyl (C=O) groups is 2. The zero-order chi connectivity index (χ0) is 15.1. The fraction of sp³-hybridized carbons (Fsp3) is 0.867. The van der Waals surface area contributed by atoms with E-state index in [-0.39, 0.29) is 24.5 Å². The Bertz CT molecular complexity index is 327. The quantitative estimate of drug-likeness (QED) is 0.662. The van der Waals surface area contributed by atoms with Crippen molar-refractivity contribution in [2.24, 2.45) is 0 Å². The molecule has 116 valence electrons. The van der Waals surface area contributed by atoms with Gasteiger partial charge in [0.05, 0.1) is 6.42 Å². The first-order chi connectivity index (χ1) is 9.47. The van der Waals surface area contributed by atoms with Crippen LogP contribution in [-0.4, -0.2) is 52.1 Å². The van der Waals surface area contributed by atoms with E-state index in [9.17, 15) is 9.59 Å².